The molecule has 2 N–H and O–H groups in total. The van der Waals surface area contributed by atoms with Crippen LogP contribution in [0.5, 0.6) is 0 Å². The van der Waals surface area contributed by atoms with E-state index in [0.717, 1.165) is 5.92 Å². The molecule has 5 nitrogen and oxygen atoms in total. The van der Waals surface area contributed by atoms with Crippen molar-refractivity contribution in [3.8, 4) is 0 Å². The van der Waals surface area contributed by atoms with Gasteiger partial charge in [0.05, 0.1) is 6.20 Å². The Labute approximate surface area is 120 Å². The van der Waals surface area contributed by atoms with Gasteiger partial charge in [-0.1, -0.05) is 13.3 Å². The van der Waals surface area contributed by atoms with E-state index < -0.39 is 10.0 Å². The number of nitrogens with zero attached hydrogens (tertiary/aromatic N) is 1. The predicted molar refractivity (Wildman–Crippen MR) is 76.7 cm³/mol. The van der Waals surface area contributed by atoms with Crippen LogP contribution in [-0.4, -0.2) is 24.4 Å². The molecule has 1 heterocycles. The van der Waals surface area contributed by atoms with Crippen molar-refractivity contribution in [3.05, 3.63) is 12.0 Å². The first-order valence-electron chi connectivity index (χ1n) is 7.55. The Morgan fingerprint density at radius 3 is 2.80 bits per heavy atom. The second-order valence-electron chi connectivity index (χ2n) is 6.30. The largest absolute Gasteiger partial charge is 0.332 e. The molecule has 0 aromatic carbocycles. The number of fused-ring (bicyclic) bond motifs is 2. The molecule has 2 aliphatic carbocycles. The van der Waals surface area contributed by atoms with Gasteiger partial charge < -0.3 is 4.98 Å². The molecule has 0 amide bonds. The number of aryl methyl sites for hydroxylation is 1. The number of aromatic nitrogens is 2. The molecule has 2 saturated carbocycles. The van der Waals surface area contributed by atoms with Crippen LogP contribution in [0.4, 0.5) is 0 Å². The zero-order valence-corrected chi connectivity index (χ0v) is 12.9. The number of nitrogens with one attached hydrogen (secondary N) is 2. The third-order valence-corrected chi connectivity index (χ3v) is 6.47. The van der Waals surface area contributed by atoms with Crippen molar-refractivity contribution in [2.75, 3.05) is 0 Å². The summed E-state index contributed by atoms with van der Waals surface area (Å²) in [6, 6.07) is 0.00340. The predicted octanol–water partition coefficient (Wildman–Crippen LogP) is 2.08. The maximum Gasteiger partial charge on any atom is 0.257 e. The number of hydrogen-bond donors (Lipinski definition) is 2. The van der Waals surface area contributed by atoms with E-state index in [4.69, 9.17) is 0 Å². The van der Waals surface area contributed by atoms with Crippen molar-refractivity contribution in [2.24, 2.45) is 17.8 Å². The molecule has 0 radical (unpaired) electrons. The van der Waals surface area contributed by atoms with E-state index in [2.05, 4.69) is 14.7 Å². The molecule has 4 unspecified atom stereocenters. The van der Waals surface area contributed by atoms with Crippen LogP contribution in [0.1, 0.15) is 45.4 Å². The molecule has 20 heavy (non-hydrogen) atoms. The zero-order valence-electron chi connectivity index (χ0n) is 12.1. The Balaban J connectivity index is 1.69. The van der Waals surface area contributed by atoms with Crippen LogP contribution in [-0.2, 0) is 16.4 Å². The van der Waals surface area contributed by atoms with E-state index in [9.17, 15) is 8.42 Å². The van der Waals surface area contributed by atoms with Gasteiger partial charge in [0.1, 0.15) is 5.82 Å². The fraction of sp³-hybridized carbons (Fsp3) is 0.786. The summed E-state index contributed by atoms with van der Waals surface area (Å²) in [7, 11) is -3.47. The summed E-state index contributed by atoms with van der Waals surface area (Å²) < 4.78 is 27.5. The second kappa shape index (κ2) is 5.15. The highest BCUT2D eigenvalue weighted by Crippen LogP contribution is 2.49. The molecule has 1 aromatic rings. The average molecular weight is 297 g/mol. The fourth-order valence-corrected chi connectivity index (χ4v) is 5.20. The maximum atomic E-state index is 12.4. The average Bonchev–Trinajstić information content (AvgIpc) is 3.13. The summed E-state index contributed by atoms with van der Waals surface area (Å²) in [6.07, 6.45) is 7.19. The van der Waals surface area contributed by atoms with Gasteiger partial charge in [-0.05, 0) is 43.9 Å². The van der Waals surface area contributed by atoms with Gasteiger partial charge in [-0.25, -0.2) is 18.1 Å². The molecule has 1 aromatic heterocycles. The smallest absolute Gasteiger partial charge is 0.257 e. The van der Waals surface area contributed by atoms with Crippen LogP contribution in [0.25, 0.3) is 0 Å². The highest BCUT2D eigenvalue weighted by molar-refractivity contribution is 7.89. The Morgan fingerprint density at radius 1 is 1.45 bits per heavy atom. The van der Waals surface area contributed by atoms with Crippen LogP contribution in [0, 0.1) is 17.8 Å². The van der Waals surface area contributed by atoms with Gasteiger partial charge in [0.15, 0.2) is 5.03 Å². The van der Waals surface area contributed by atoms with E-state index in [-0.39, 0.29) is 11.1 Å². The van der Waals surface area contributed by atoms with Crippen LogP contribution in [0.3, 0.4) is 0 Å². The number of rotatable bonds is 5. The van der Waals surface area contributed by atoms with Crippen molar-refractivity contribution in [2.45, 2.75) is 57.0 Å². The molecule has 2 bridgehead atoms. The first-order chi connectivity index (χ1) is 9.49. The lowest BCUT2D eigenvalue weighted by Crippen LogP contribution is -2.40. The van der Waals surface area contributed by atoms with Crippen molar-refractivity contribution < 1.29 is 8.42 Å². The highest BCUT2D eigenvalue weighted by Gasteiger charge is 2.42. The maximum absolute atomic E-state index is 12.4. The van der Waals surface area contributed by atoms with Gasteiger partial charge in [-0.2, -0.15) is 0 Å². The lowest BCUT2D eigenvalue weighted by molar-refractivity contribution is 0.280. The lowest BCUT2D eigenvalue weighted by Gasteiger charge is -2.28. The minimum absolute atomic E-state index is 0.00340. The number of hydrogen-bond acceptors (Lipinski definition) is 3. The molecule has 112 valence electrons. The molecule has 3 rings (SSSR count). The van der Waals surface area contributed by atoms with Crippen LogP contribution in [0.2, 0.25) is 0 Å². The third kappa shape index (κ3) is 2.51. The molecule has 4 atom stereocenters. The summed E-state index contributed by atoms with van der Waals surface area (Å²) in [5.74, 6) is 2.75. The SMILES string of the molecule is CCc1ncc(S(=O)(=O)NC(C)C2CC3CCC2C3)[nH]1. The van der Waals surface area contributed by atoms with Gasteiger partial charge in [0.25, 0.3) is 10.0 Å². The minimum Gasteiger partial charge on any atom is -0.332 e. The van der Waals surface area contributed by atoms with Crippen LogP contribution in [0.15, 0.2) is 11.2 Å². The summed E-state index contributed by atoms with van der Waals surface area (Å²) in [5, 5.41) is 0.185. The van der Waals surface area contributed by atoms with E-state index in [1.54, 1.807) is 0 Å². The second-order valence-corrected chi connectivity index (χ2v) is 7.98. The minimum atomic E-state index is -3.47. The molecule has 2 fully saturated rings. The van der Waals surface area contributed by atoms with E-state index in [0.29, 0.717) is 24.1 Å². The Morgan fingerprint density at radius 2 is 2.25 bits per heavy atom. The Bertz CT molecular complexity index is 581. The number of imidazole rings is 1. The van der Waals surface area contributed by atoms with Crippen LogP contribution >= 0.6 is 0 Å². The quantitative estimate of drug-likeness (QED) is 0.873. The Kier molecular flexibility index (Phi) is 3.62. The topological polar surface area (TPSA) is 74.8 Å². The summed E-state index contributed by atoms with van der Waals surface area (Å²) in [4.78, 5) is 6.94. The normalized spacial score (nSPS) is 30.8. The highest BCUT2D eigenvalue weighted by atomic mass is 32.2. The number of sulfonamides is 1. The summed E-state index contributed by atoms with van der Waals surface area (Å²) in [5.41, 5.74) is 0. The first kappa shape index (κ1) is 14.1. The van der Waals surface area contributed by atoms with Gasteiger partial charge in [0.2, 0.25) is 0 Å². The van der Waals surface area contributed by atoms with Crippen LogP contribution < -0.4 is 4.72 Å². The van der Waals surface area contributed by atoms with Gasteiger partial charge in [-0.15, -0.1) is 0 Å². The first-order valence-corrected chi connectivity index (χ1v) is 9.04. The van der Waals surface area contributed by atoms with Gasteiger partial charge in [0, 0.05) is 12.5 Å². The standard InChI is InChI=1S/C14H23N3O2S/c1-3-13-15-8-14(16-13)20(18,19)17-9(2)12-7-10-4-5-11(12)6-10/h8-12,17H,3-7H2,1-2H3,(H,15,16). The molecule has 2 aliphatic rings. The van der Waals surface area contributed by atoms with Gasteiger partial charge in [-0.3, -0.25) is 0 Å². The molecule has 6 heteroatoms. The molecular formula is C14H23N3O2S. The molecule has 0 saturated heterocycles. The number of H-pyrrole nitrogens is 1. The van der Waals surface area contributed by atoms with E-state index in [1.807, 2.05) is 13.8 Å². The van der Waals surface area contributed by atoms with Crippen molar-refractivity contribution >= 4 is 10.0 Å². The molecular weight excluding hydrogens is 274 g/mol. The fourth-order valence-electron chi connectivity index (χ4n) is 3.96. The molecule has 0 aliphatic heterocycles. The monoisotopic (exact) mass is 297 g/mol. The van der Waals surface area contributed by atoms with Crippen molar-refractivity contribution in [1.82, 2.24) is 14.7 Å². The summed E-state index contributed by atoms with van der Waals surface area (Å²) in [6.45, 7) is 3.95. The van der Waals surface area contributed by atoms with E-state index in [1.165, 1.54) is 31.9 Å². The lowest BCUT2D eigenvalue weighted by atomic mass is 9.84. The number of aromatic amines is 1. The third-order valence-electron chi connectivity index (χ3n) is 5.01. The van der Waals surface area contributed by atoms with E-state index >= 15 is 0 Å². The summed E-state index contributed by atoms with van der Waals surface area (Å²) >= 11 is 0. The van der Waals surface area contributed by atoms with Gasteiger partial charge >= 0.3 is 0 Å². The van der Waals surface area contributed by atoms with Crippen molar-refractivity contribution in [1.29, 1.82) is 0 Å². The Hall–Kier alpha value is -0.880. The molecule has 0 spiro atoms. The van der Waals surface area contributed by atoms with Crippen molar-refractivity contribution in [3.63, 3.8) is 0 Å². The zero-order chi connectivity index (χ0) is 14.3.